The first kappa shape index (κ1) is 22.0. The first-order valence-corrected chi connectivity index (χ1v) is 10.9. The van der Waals surface area contributed by atoms with E-state index < -0.39 is 11.8 Å². The molecule has 0 bridgehead atoms. The molecule has 0 aliphatic carbocycles. The fourth-order valence-electron chi connectivity index (χ4n) is 3.71. The van der Waals surface area contributed by atoms with E-state index in [-0.39, 0.29) is 22.7 Å². The third-order valence-corrected chi connectivity index (χ3v) is 6.04. The minimum absolute atomic E-state index is 0.0215. The topological polar surface area (TPSA) is 87.7 Å². The standard InChI is InChI=1S/C24H24ClN3O4/c1-14-8-9-18(11-15(14)2)28-23(30)20(25)21(24(28)31)27-17-6-3-5-16(12-17)22(29)26-13-19-7-4-10-32-19/h3,5-6,8-9,11-12,19,27H,4,7,10,13H2,1-2H3,(H,26,29). The van der Waals surface area contributed by atoms with Crippen molar-refractivity contribution >= 4 is 40.7 Å². The molecule has 1 fully saturated rings. The summed E-state index contributed by atoms with van der Waals surface area (Å²) in [6, 6.07) is 12.0. The van der Waals surface area contributed by atoms with Crippen LogP contribution in [0.3, 0.4) is 0 Å². The average molecular weight is 454 g/mol. The number of amides is 3. The number of hydrogen-bond acceptors (Lipinski definition) is 5. The summed E-state index contributed by atoms with van der Waals surface area (Å²) in [5.74, 6) is -1.38. The summed E-state index contributed by atoms with van der Waals surface area (Å²) in [5.41, 5.74) is 3.35. The summed E-state index contributed by atoms with van der Waals surface area (Å²) >= 11 is 6.23. The largest absolute Gasteiger partial charge is 0.376 e. The molecular formula is C24H24ClN3O4. The molecule has 2 heterocycles. The lowest BCUT2D eigenvalue weighted by Crippen LogP contribution is -2.32. The van der Waals surface area contributed by atoms with Crippen LogP contribution in [0.15, 0.2) is 53.2 Å². The van der Waals surface area contributed by atoms with E-state index in [2.05, 4.69) is 10.6 Å². The smallest absolute Gasteiger partial charge is 0.283 e. The van der Waals surface area contributed by atoms with Crippen LogP contribution in [-0.2, 0) is 14.3 Å². The van der Waals surface area contributed by atoms with E-state index in [0.717, 1.165) is 35.5 Å². The molecule has 2 aliphatic rings. The predicted molar refractivity (Wildman–Crippen MR) is 123 cm³/mol. The molecule has 8 heteroatoms. The number of imide groups is 1. The van der Waals surface area contributed by atoms with Crippen molar-refractivity contribution in [2.45, 2.75) is 32.8 Å². The van der Waals surface area contributed by atoms with Crippen LogP contribution in [0.4, 0.5) is 11.4 Å². The van der Waals surface area contributed by atoms with E-state index >= 15 is 0 Å². The normalized spacial score (nSPS) is 18.5. The number of carbonyl (C=O) groups is 3. The Morgan fingerprint density at radius 2 is 1.94 bits per heavy atom. The third kappa shape index (κ3) is 4.40. The Morgan fingerprint density at radius 1 is 1.12 bits per heavy atom. The Kier molecular flexibility index (Phi) is 6.30. The molecule has 1 unspecified atom stereocenters. The van der Waals surface area contributed by atoms with Gasteiger partial charge in [0.25, 0.3) is 17.7 Å². The van der Waals surface area contributed by atoms with Crippen LogP contribution in [0.2, 0.25) is 0 Å². The van der Waals surface area contributed by atoms with Gasteiger partial charge in [0.05, 0.1) is 11.8 Å². The quantitative estimate of drug-likeness (QED) is 0.652. The highest BCUT2D eigenvalue weighted by atomic mass is 35.5. The molecule has 7 nitrogen and oxygen atoms in total. The number of rotatable bonds is 6. The SMILES string of the molecule is Cc1ccc(N2C(=O)C(Cl)=C(Nc3cccc(C(=O)NCC4CCCO4)c3)C2=O)cc1C. The summed E-state index contributed by atoms with van der Waals surface area (Å²) in [4.78, 5) is 39.3. The molecular weight excluding hydrogens is 430 g/mol. The molecule has 0 saturated carbocycles. The van der Waals surface area contributed by atoms with Gasteiger partial charge < -0.3 is 15.4 Å². The van der Waals surface area contributed by atoms with Gasteiger partial charge in [0, 0.05) is 24.4 Å². The number of benzene rings is 2. The Morgan fingerprint density at radius 3 is 2.66 bits per heavy atom. The van der Waals surface area contributed by atoms with Crippen LogP contribution in [0.25, 0.3) is 0 Å². The zero-order valence-electron chi connectivity index (χ0n) is 17.9. The number of anilines is 2. The Hall–Kier alpha value is -3.16. The number of ether oxygens (including phenoxy) is 1. The second-order valence-corrected chi connectivity index (χ2v) is 8.33. The van der Waals surface area contributed by atoms with Gasteiger partial charge in [0.15, 0.2) is 0 Å². The predicted octanol–water partition coefficient (Wildman–Crippen LogP) is 3.65. The van der Waals surface area contributed by atoms with E-state index in [1.54, 1.807) is 36.4 Å². The second kappa shape index (κ2) is 9.14. The van der Waals surface area contributed by atoms with Gasteiger partial charge in [-0.3, -0.25) is 14.4 Å². The highest BCUT2D eigenvalue weighted by Crippen LogP contribution is 2.31. The second-order valence-electron chi connectivity index (χ2n) is 7.95. The van der Waals surface area contributed by atoms with Gasteiger partial charge in [-0.25, -0.2) is 4.90 Å². The molecule has 2 aromatic carbocycles. The van der Waals surface area contributed by atoms with Crippen molar-refractivity contribution in [2.75, 3.05) is 23.4 Å². The molecule has 2 aromatic rings. The molecule has 0 spiro atoms. The van der Waals surface area contributed by atoms with E-state index in [1.165, 1.54) is 0 Å². The summed E-state index contributed by atoms with van der Waals surface area (Å²) in [7, 11) is 0. The van der Waals surface area contributed by atoms with Gasteiger partial charge in [-0.1, -0.05) is 23.7 Å². The van der Waals surface area contributed by atoms with Crippen molar-refractivity contribution in [1.82, 2.24) is 5.32 Å². The van der Waals surface area contributed by atoms with E-state index in [1.807, 2.05) is 19.9 Å². The third-order valence-electron chi connectivity index (χ3n) is 5.68. The maximum absolute atomic E-state index is 13.0. The molecule has 3 amide bonds. The number of hydrogen-bond donors (Lipinski definition) is 2. The summed E-state index contributed by atoms with van der Waals surface area (Å²) in [6.07, 6.45) is 1.98. The Balaban J connectivity index is 1.49. The highest BCUT2D eigenvalue weighted by Gasteiger charge is 2.39. The zero-order chi connectivity index (χ0) is 22.8. The molecule has 1 atom stereocenters. The maximum atomic E-state index is 13.0. The fourth-order valence-corrected chi connectivity index (χ4v) is 3.92. The van der Waals surface area contributed by atoms with Gasteiger partial charge in [-0.2, -0.15) is 0 Å². The van der Waals surface area contributed by atoms with Crippen molar-refractivity contribution in [3.05, 3.63) is 69.9 Å². The summed E-state index contributed by atoms with van der Waals surface area (Å²) in [5, 5.41) is 5.59. The lowest BCUT2D eigenvalue weighted by atomic mass is 10.1. The van der Waals surface area contributed by atoms with Gasteiger partial charge in [-0.05, 0) is 68.1 Å². The molecule has 166 valence electrons. The number of halogens is 1. The fraction of sp³-hybridized carbons (Fsp3) is 0.292. The first-order chi connectivity index (χ1) is 15.3. The number of aryl methyl sites for hydroxylation is 2. The van der Waals surface area contributed by atoms with Crippen LogP contribution < -0.4 is 15.5 Å². The first-order valence-electron chi connectivity index (χ1n) is 10.5. The monoisotopic (exact) mass is 453 g/mol. The molecule has 2 N–H and O–H groups in total. The maximum Gasteiger partial charge on any atom is 0.283 e. The Bertz CT molecular complexity index is 1120. The van der Waals surface area contributed by atoms with Crippen molar-refractivity contribution < 1.29 is 19.1 Å². The average Bonchev–Trinajstić information content (AvgIpc) is 3.37. The number of nitrogens with one attached hydrogen (secondary N) is 2. The minimum atomic E-state index is -0.590. The molecule has 32 heavy (non-hydrogen) atoms. The molecule has 1 saturated heterocycles. The minimum Gasteiger partial charge on any atom is -0.376 e. The van der Waals surface area contributed by atoms with Crippen LogP contribution >= 0.6 is 11.6 Å². The van der Waals surface area contributed by atoms with Crippen LogP contribution in [0.1, 0.15) is 34.3 Å². The van der Waals surface area contributed by atoms with Crippen molar-refractivity contribution in [3.63, 3.8) is 0 Å². The van der Waals surface area contributed by atoms with E-state index in [4.69, 9.17) is 16.3 Å². The van der Waals surface area contributed by atoms with Crippen LogP contribution in [0.5, 0.6) is 0 Å². The van der Waals surface area contributed by atoms with Gasteiger partial charge >= 0.3 is 0 Å². The lowest BCUT2D eigenvalue weighted by Gasteiger charge is -2.16. The molecule has 2 aliphatic heterocycles. The van der Waals surface area contributed by atoms with Gasteiger partial charge in [-0.15, -0.1) is 0 Å². The van der Waals surface area contributed by atoms with Crippen molar-refractivity contribution in [1.29, 1.82) is 0 Å². The number of nitrogens with zero attached hydrogens (tertiary/aromatic N) is 1. The van der Waals surface area contributed by atoms with E-state index in [0.29, 0.717) is 23.5 Å². The summed E-state index contributed by atoms with van der Waals surface area (Å²) < 4.78 is 5.52. The molecule has 4 rings (SSSR count). The zero-order valence-corrected chi connectivity index (χ0v) is 18.7. The molecule has 0 radical (unpaired) electrons. The lowest BCUT2D eigenvalue weighted by molar-refractivity contribution is -0.120. The van der Waals surface area contributed by atoms with Gasteiger partial charge in [0.2, 0.25) is 0 Å². The molecule has 0 aromatic heterocycles. The van der Waals surface area contributed by atoms with Gasteiger partial charge in [0.1, 0.15) is 10.7 Å². The number of carbonyl (C=O) groups excluding carboxylic acids is 3. The van der Waals surface area contributed by atoms with Crippen LogP contribution in [-0.4, -0.2) is 37.0 Å². The van der Waals surface area contributed by atoms with Crippen molar-refractivity contribution in [2.24, 2.45) is 0 Å². The van der Waals surface area contributed by atoms with Crippen LogP contribution in [0, 0.1) is 13.8 Å². The summed E-state index contributed by atoms with van der Waals surface area (Å²) in [6.45, 7) is 5.04. The van der Waals surface area contributed by atoms with Crippen molar-refractivity contribution in [3.8, 4) is 0 Å². The van der Waals surface area contributed by atoms with E-state index in [9.17, 15) is 14.4 Å². The Labute approximate surface area is 191 Å². The highest BCUT2D eigenvalue weighted by molar-refractivity contribution is 6.53.